The number of benzene rings is 1. The Morgan fingerprint density at radius 3 is 2.67 bits per heavy atom. The van der Waals surface area contributed by atoms with E-state index in [1.165, 1.54) is 18.0 Å². The number of nitrogen functional groups attached to an aromatic ring is 1. The highest BCUT2D eigenvalue weighted by Crippen LogP contribution is 2.38. The number of anilines is 1. The Kier molecular flexibility index (Phi) is 4.11. The van der Waals surface area contributed by atoms with Crippen LogP contribution in [0.25, 0.3) is 10.1 Å². The molecule has 1 heterocycles. The molecule has 0 aliphatic rings. The van der Waals surface area contributed by atoms with Crippen molar-refractivity contribution in [1.82, 2.24) is 4.90 Å². The van der Waals surface area contributed by atoms with E-state index in [4.69, 9.17) is 10.8 Å². The highest BCUT2D eigenvalue weighted by atomic mass is 32.1. The third-order valence-corrected chi connectivity index (χ3v) is 4.20. The van der Waals surface area contributed by atoms with Crippen molar-refractivity contribution in [3.8, 4) is 0 Å². The molecule has 3 N–H and O–H groups in total. The fourth-order valence-electron chi connectivity index (χ4n) is 1.88. The largest absolute Gasteiger partial charge is 0.416 e. The van der Waals surface area contributed by atoms with E-state index >= 15 is 0 Å². The lowest BCUT2D eigenvalue weighted by Crippen LogP contribution is -2.29. The number of amides is 1. The smallest absolute Gasteiger partial charge is 0.397 e. The molecule has 2 aromatic rings. The maximum absolute atomic E-state index is 12.7. The van der Waals surface area contributed by atoms with Gasteiger partial charge in [0.2, 0.25) is 0 Å². The first-order chi connectivity index (χ1) is 9.75. The highest BCUT2D eigenvalue weighted by molar-refractivity contribution is 7.21. The summed E-state index contributed by atoms with van der Waals surface area (Å²) in [6.07, 6.45) is -4.46. The predicted molar refractivity (Wildman–Crippen MR) is 75.3 cm³/mol. The third kappa shape index (κ3) is 2.96. The summed E-state index contributed by atoms with van der Waals surface area (Å²) in [5.41, 5.74) is 5.05. The number of rotatable bonds is 3. The Morgan fingerprint density at radius 2 is 2.10 bits per heavy atom. The quantitative estimate of drug-likeness (QED) is 0.914. The number of alkyl halides is 3. The number of aliphatic hydroxyl groups is 1. The van der Waals surface area contributed by atoms with E-state index in [0.29, 0.717) is 4.70 Å². The normalized spacial score (nSPS) is 11.9. The number of hydrogen-bond donors (Lipinski definition) is 2. The van der Waals surface area contributed by atoms with Crippen LogP contribution >= 0.6 is 11.3 Å². The van der Waals surface area contributed by atoms with Gasteiger partial charge in [-0.3, -0.25) is 4.79 Å². The lowest BCUT2D eigenvalue weighted by Gasteiger charge is -2.14. The summed E-state index contributed by atoms with van der Waals surface area (Å²) < 4.78 is 38.6. The Hall–Kier alpha value is -1.80. The van der Waals surface area contributed by atoms with Crippen LogP contribution in [0.4, 0.5) is 18.9 Å². The van der Waals surface area contributed by atoms with Gasteiger partial charge >= 0.3 is 6.18 Å². The minimum absolute atomic E-state index is 0.0379. The highest BCUT2D eigenvalue weighted by Gasteiger charge is 2.31. The molecule has 0 bridgehead atoms. The van der Waals surface area contributed by atoms with Crippen molar-refractivity contribution in [2.24, 2.45) is 0 Å². The summed E-state index contributed by atoms with van der Waals surface area (Å²) in [7, 11) is 1.49. The lowest BCUT2D eigenvalue weighted by atomic mass is 10.1. The third-order valence-electron chi connectivity index (χ3n) is 3.03. The SMILES string of the molecule is CN(CCO)C(=O)c1sc2ccc(C(F)(F)F)cc2c1N. The van der Waals surface area contributed by atoms with Gasteiger partial charge in [0.25, 0.3) is 5.91 Å². The second-order valence-electron chi connectivity index (χ2n) is 4.50. The maximum atomic E-state index is 12.7. The first-order valence-corrected chi connectivity index (χ1v) is 6.83. The molecule has 0 aliphatic carbocycles. The van der Waals surface area contributed by atoms with E-state index < -0.39 is 17.6 Å². The Bertz CT molecular complexity index is 682. The number of carbonyl (C=O) groups excluding carboxylic acids is 1. The fourth-order valence-corrected chi connectivity index (χ4v) is 2.97. The first kappa shape index (κ1) is 15.6. The molecule has 0 radical (unpaired) electrons. The van der Waals surface area contributed by atoms with Crippen LogP contribution in [-0.2, 0) is 6.18 Å². The lowest BCUT2D eigenvalue weighted by molar-refractivity contribution is -0.137. The number of aliphatic hydroxyl groups excluding tert-OH is 1. The fraction of sp³-hybridized carbons (Fsp3) is 0.308. The molecular weight excluding hydrogens is 305 g/mol. The van der Waals surface area contributed by atoms with Crippen LogP contribution in [0.15, 0.2) is 18.2 Å². The van der Waals surface area contributed by atoms with Gasteiger partial charge in [0, 0.05) is 23.7 Å². The topological polar surface area (TPSA) is 66.6 Å². The molecule has 0 aliphatic heterocycles. The van der Waals surface area contributed by atoms with Crippen LogP contribution in [0.1, 0.15) is 15.2 Å². The molecule has 1 aromatic carbocycles. The second-order valence-corrected chi connectivity index (χ2v) is 5.56. The van der Waals surface area contributed by atoms with Crippen molar-refractivity contribution >= 4 is 33.0 Å². The molecule has 114 valence electrons. The van der Waals surface area contributed by atoms with Gasteiger partial charge in [0.05, 0.1) is 17.9 Å². The van der Waals surface area contributed by atoms with Gasteiger partial charge in [-0.1, -0.05) is 0 Å². The molecule has 4 nitrogen and oxygen atoms in total. The minimum Gasteiger partial charge on any atom is -0.397 e. The molecule has 1 aromatic heterocycles. The second kappa shape index (κ2) is 5.53. The van der Waals surface area contributed by atoms with Gasteiger partial charge in [-0.05, 0) is 18.2 Å². The summed E-state index contributed by atoms with van der Waals surface area (Å²) in [5, 5.41) is 9.04. The van der Waals surface area contributed by atoms with Crippen LogP contribution in [0.5, 0.6) is 0 Å². The molecular formula is C13H13F3N2O2S. The molecule has 8 heteroatoms. The van der Waals surface area contributed by atoms with Crippen LogP contribution < -0.4 is 5.73 Å². The minimum atomic E-state index is -4.46. The molecule has 0 saturated carbocycles. The Balaban J connectivity index is 2.49. The number of thiophene rings is 1. The van der Waals surface area contributed by atoms with Gasteiger partial charge in [-0.25, -0.2) is 0 Å². The zero-order valence-electron chi connectivity index (χ0n) is 11.1. The van der Waals surface area contributed by atoms with Crippen LogP contribution in [0.2, 0.25) is 0 Å². The van der Waals surface area contributed by atoms with E-state index in [2.05, 4.69) is 0 Å². The predicted octanol–water partition coefficient (Wildman–Crippen LogP) is 2.57. The Morgan fingerprint density at radius 1 is 1.43 bits per heavy atom. The zero-order chi connectivity index (χ0) is 15.8. The molecule has 0 spiro atoms. The van der Waals surface area contributed by atoms with E-state index in [-0.39, 0.29) is 29.1 Å². The molecule has 2 rings (SSSR count). The summed E-state index contributed by atoms with van der Waals surface area (Å²) >= 11 is 1.04. The van der Waals surface area contributed by atoms with Gasteiger partial charge in [-0.15, -0.1) is 11.3 Å². The summed E-state index contributed by atoms with van der Waals surface area (Å²) in [6, 6.07) is 3.22. The summed E-state index contributed by atoms with van der Waals surface area (Å²) in [4.78, 5) is 13.6. The van der Waals surface area contributed by atoms with E-state index in [1.54, 1.807) is 0 Å². The van der Waals surface area contributed by atoms with Crippen molar-refractivity contribution in [3.63, 3.8) is 0 Å². The standard InChI is InChI=1S/C13H13F3N2O2S/c1-18(4-5-19)12(20)11-10(17)8-6-7(13(14,15)16)2-3-9(8)21-11/h2-3,6,19H,4-5,17H2,1H3. The molecule has 0 atom stereocenters. The molecule has 1 amide bonds. The van der Waals surface area contributed by atoms with Gasteiger partial charge in [-0.2, -0.15) is 13.2 Å². The van der Waals surface area contributed by atoms with Gasteiger partial charge in [0.1, 0.15) is 4.88 Å². The number of hydrogen-bond acceptors (Lipinski definition) is 4. The van der Waals surface area contributed by atoms with Gasteiger partial charge < -0.3 is 15.7 Å². The molecule has 0 fully saturated rings. The Labute approximate surface area is 122 Å². The van der Waals surface area contributed by atoms with E-state index in [1.807, 2.05) is 0 Å². The van der Waals surface area contributed by atoms with Gasteiger partial charge in [0.15, 0.2) is 0 Å². The molecule has 0 unspecified atom stereocenters. The van der Waals surface area contributed by atoms with Crippen LogP contribution in [0, 0.1) is 0 Å². The number of nitrogens with two attached hydrogens (primary N) is 1. The number of halogens is 3. The average Bonchev–Trinajstić information content (AvgIpc) is 2.74. The van der Waals surface area contributed by atoms with Crippen molar-refractivity contribution < 1.29 is 23.1 Å². The van der Waals surface area contributed by atoms with E-state index in [9.17, 15) is 18.0 Å². The van der Waals surface area contributed by atoms with E-state index in [0.717, 1.165) is 23.5 Å². The summed E-state index contributed by atoms with van der Waals surface area (Å²) in [5.74, 6) is -0.420. The first-order valence-electron chi connectivity index (χ1n) is 6.01. The van der Waals surface area contributed by atoms with Crippen molar-refractivity contribution in [2.45, 2.75) is 6.18 Å². The van der Waals surface area contributed by atoms with Crippen molar-refractivity contribution in [2.75, 3.05) is 25.9 Å². The van der Waals surface area contributed by atoms with Crippen LogP contribution in [-0.4, -0.2) is 36.1 Å². The summed E-state index contributed by atoms with van der Waals surface area (Å²) in [6.45, 7) is -0.0778. The number of fused-ring (bicyclic) bond motifs is 1. The maximum Gasteiger partial charge on any atom is 0.416 e. The number of carbonyl (C=O) groups is 1. The van der Waals surface area contributed by atoms with Crippen LogP contribution in [0.3, 0.4) is 0 Å². The average molecular weight is 318 g/mol. The monoisotopic (exact) mass is 318 g/mol. The molecule has 0 saturated heterocycles. The molecule has 21 heavy (non-hydrogen) atoms. The van der Waals surface area contributed by atoms with Crippen molar-refractivity contribution in [3.05, 3.63) is 28.6 Å². The van der Waals surface area contributed by atoms with Crippen molar-refractivity contribution in [1.29, 1.82) is 0 Å². The zero-order valence-corrected chi connectivity index (χ0v) is 11.9. The number of likely N-dealkylation sites (N-methyl/N-ethyl adjacent to an activating group) is 1. The number of nitrogens with zero attached hydrogens (tertiary/aromatic N) is 1.